The fraction of sp³-hybridized carbons (Fsp3) is 0.389. The van der Waals surface area contributed by atoms with Crippen LogP contribution in [0, 0.1) is 0 Å². The Morgan fingerprint density at radius 2 is 2.12 bits per heavy atom. The van der Waals surface area contributed by atoms with Gasteiger partial charge < -0.3 is 15.1 Å². The van der Waals surface area contributed by atoms with Gasteiger partial charge in [0.15, 0.2) is 0 Å². The molecule has 1 amide bonds. The smallest absolute Gasteiger partial charge is 0.229 e. The number of carbonyl (C=O) groups excluding carboxylic acids is 1. The number of likely N-dealkylation sites (N-methyl/N-ethyl adjacent to an activating group) is 1. The Hall–Kier alpha value is -2.18. The molecule has 6 nitrogen and oxygen atoms in total. The number of rotatable bonds is 3. The van der Waals surface area contributed by atoms with Crippen LogP contribution in [-0.4, -0.2) is 47.0 Å². The van der Waals surface area contributed by atoms with Crippen molar-refractivity contribution in [1.29, 1.82) is 0 Å². The Morgan fingerprint density at radius 1 is 1.28 bits per heavy atom. The number of benzene rings is 1. The van der Waals surface area contributed by atoms with Gasteiger partial charge in [0.05, 0.1) is 22.4 Å². The van der Waals surface area contributed by atoms with Crippen molar-refractivity contribution in [2.24, 2.45) is 0 Å². The van der Waals surface area contributed by atoms with Gasteiger partial charge in [-0.05, 0) is 19.2 Å². The number of hydrogen-bond acceptors (Lipinski definition) is 5. The zero-order chi connectivity index (χ0) is 17.4. The lowest BCUT2D eigenvalue weighted by molar-refractivity contribution is -0.117. The van der Waals surface area contributed by atoms with Crippen molar-refractivity contribution in [3.8, 4) is 0 Å². The van der Waals surface area contributed by atoms with Crippen molar-refractivity contribution in [1.82, 2.24) is 14.9 Å². The molecule has 3 heterocycles. The summed E-state index contributed by atoms with van der Waals surface area (Å²) in [4.78, 5) is 25.3. The fourth-order valence-electron chi connectivity index (χ4n) is 3.50. The average molecular weight is 358 g/mol. The third-order valence-electron chi connectivity index (χ3n) is 4.80. The first-order chi connectivity index (χ1) is 12.1. The second kappa shape index (κ2) is 6.61. The van der Waals surface area contributed by atoms with Crippen molar-refractivity contribution >= 4 is 29.0 Å². The van der Waals surface area contributed by atoms with Crippen molar-refractivity contribution in [3.05, 3.63) is 46.9 Å². The van der Waals surface area contributed by atoms with Crippen LogP contribution in [0.25, 0.3) is 0 Å². The Labute approximate surface area is 151 Å². The molecule has 1 saturated heterocycles. The molecule has 25 heavy (non-hydrogen) atoms. The number of halogens is 1. The Balaban J connectivity index is 1.54. The standard InChI is InChI=1S/C18H20ClN5O/c1-23-7-6-15-13(10-23)18(21-11-20-15)22-12-8-17(25)24(9-12)16-5-3-2-4-14(16)19/h2-5,11-12H,6-10H2,1H3,(H,20,21,22). The van der Waals surface area contributed by atoms with E-state index in [-0.39, 0.29) is 11.9 Å². The monoisotopic (exact) mass is 357 g/mol. The molecule has 1 unspecified atom stereocenters. The lowest BCUT2D eigenvalue weighted by Gasteiger charge is -2.26. The van der Waals surface area contributed by atoms with Gasteiger partial charge in [-0.15, -0.1) is 0 Å². The molecular weight excluding hydrogens is 338 g/mol. The highest BCUT2D eigenvalue weighted by molar-refractivity contribution is 6.33. The van der Waals surface area contributed by atoms with Gasteiger partial charge in [-0.25, -0.2) is 9.97 Å². The van der Waals surface area contributed by atoms with Gasteiger partial charge >= 0.3 is 0 Å². The quantitative estimate of drug-likeness (QED) is 0.913. The minimum Gasteiger partial charge on any atom is -0.365 e. The molecule has 0 saturated carbocycles. The van der Waals surface area contributed by atoms with Crippen LogP contribution in [0.1, 0.15) is 17.7 Å². The molecule has 130 valence electrons. The van der Waals surface area contributed by atoms with E-state index in [1.54, 1.807) is 11.2 Å². The molecule has 1 N–H and O–H groups in total. The second-order valence-corrected chi connectivity index (χ2v) is 7.04. The predicted molar refractivity (Wildman–Crippen MR) is 97.9 cm³/mol. The number of carbonyl (C=O) groups is 1. The Bertz CT molecular complexity index is 812. The van der Waals surface area contributed by atoms with E-state index in [0.717, 1.165) is 42.3 Å². The predicted octanol–water partition coefficient (Wildman–Crippen LogP) is 2.34. The van der Waals surface area contributed by atoms with Gasteiger partial charge in [0, 0.05) is 38.0 Å². The van der Waals surface area contributed by atoms with Crippen LogP contribution >= 0.6 is 11.6 Å². The zero-order valence-electron chi connectivity index (χ0n) is 14.1. The summed E-state index contributed by atoms with van der Waals surface area (Å²) >= 11 is 6.25. The molecule has 2 aliphatic heterocycles. The van der Waals surface area contributed by atoms with E-state index in [1.807, 2.05) is 24.3 Å². The number of nitrogens with zero attached hydrogens (tertiary/aromatic N) is 4. The van der Waals surface area contributed by atoms with Crippen LogP contribution in [0.5, 0.6) is 0 Å². The normalized spacial score (nSPS) is 20.6. The first-order valence-corrected chi connectivity index (χ1v) is 8.82. The van der Waals surface area contributed by atoms with E-state index in [0.29, 0.717) is 18.0 Å². The highest BCUT2D eigenvalue weighted by Gasteiger charge is 2.32. The molecule has 0 aliphatic carbocycles. The Morgan fingerprint density at radius 3 is 2.96 bits per heavy atom. The molecule has 1 atom stereocenters. The molecule has 1 fully saturated rings. The topological polar surface area (TPSA) is 61.4 Å². The van der Waals surface area contributed by atoms with E-state index >= 15 is 0 Å². The molecular formula is C18H20ClN5O. The molecule has 0 bridgehead atoms. The number of amides is 1. The maximum Gasteiger partial charge on any atom is 0.229 e. The summed E-state index contributed by atoms with van der Waals surface area (Å²) in [5.41, 5.74) is 3.01. The third-order valence-corrected chi connectivity index (χ3v) is 5.12. The van der Waals surface area contributed by atoms with E-state index in [1.165, 1.54) is 0 Å². The molecule has 1 aromatic heterocycles. The van der Waals surface area contributed by atoms with Crippen molar-refractivity contribution < 1.29 is 4.79 Å². The summed E-state index contributed by atoms with van der Waals surface area (Å²) in [6, 6.07) is 7.46. The first-order valence-electron chi connectivity index (χ1n) is 8.44. The number of fused-ring (bicyclic) bond motifs is 1. The first kappa shape index (κ1) is 16.3. The largest absolute Gasteiger partial charge is 0.365 e. The van der Waals surface area contributed by atoms with Gasteiger partial charge in [-0.2, -0.15) is 0 Å². The van der Waals surface area contributed by atoms with E-state index < -0.39 is 0 Å². The number of aromatic nitrogens is 2. The summed E-state index contributed by atoms with van der Waals surface area (Å²) in [7, 11) is 2.10. The van der Waals surface area contributed by atoms with Crippen molar-refractivity contribution in [2.75, 3.05) is 30.4 Å². The maximum absolute atomic E-state index is 12.5. The van der Waals surface area contributed by atoms with Crippen molar-refractivity contribution in [3.63, 3.8) is 0 Å². The van der Waals surface area contributed by atoms with Crippen LogP contribution in [0.2, 0.25) is 5.02 Å². The molecule has 2 aromatic rings. The van der Waals surface area contributed by atoms with E-state index in [4.69, 9.17) is 11.6 Å². The summed E-state index contributed by atoms with van der Waals surface area (Å²) in [6.45, 7) is 2.41. The number of nitrogens with one attached hydrogen (secondary N) is 1. The highest BCUT2D eigenvalue weighted by Crippen LogP contribution is 2.30. The van der Waals surface area contributed by atoms with Crippen LogP contribution < -0.4 is 10.2 Å². The molecule has 7 heteroatoms. The summed E-state index contributed by atoms with van der Waals surface area (Å²) in [5, 5.41) is 4.05. The summed E-state index contributed by atoms with van der Waals surface area (Å²) in [6.07, 6.45) is 2.97. The van der Waals surface area contributed by atoms with Crippen molar-refractivity contribution in [2.45, 2.75) is 25.4 Å². The average Bonchev–Trinajstić information content (AvgIpc) is 2.96. The lowest BCUT2D eigenvalue weighted by atomic mass is 10.1. The third kappa shape index (κ3) is 3.19. The van der Waals surface area contributed by atoms with Gasteiger partial charge in [-0.3, -0.25) is 4.79 Å². The molecule has 4 rings (SSSR count). The minimum absolute atomic E-state index is 0.00926. The Kier molecular flexibility index (Phi) is 4.31. The molecule has 0 radical (unpaired) electrons. The fourth-order valence-corrected chi connectivity index (χ4v) is 3.74. The molecule has 0 spiro atoms. The number of hydrogen-bond donors (Lipinski definition) is 1. The molecule has 1 aromatic carbocycles. The van der Waals surface area contributed by atoms with Gasteiger partial charge in [0.2, 0.25) is 5.91 Å². The number of anilines is 2. The van der Waals surface area contributed by atoms with Crippen LogP contribution in [-0.2, 0) is 17.8 Å². The van der Waals surface area contributed by atoms with Gasteiger partial charge in [-0.1, -0.05) is 23.7 Å². The summed E-state index contributed by atoms with van der Waals surface area (Å²) in [5.74, 6) is 0.918. The minimum atomic E-state index is 0.00926. The zero-order valence-corrected chi connectivity index (χ0v) is 14.8. The van der Waals surface area contributed by atoms with Gasteiger partial charge in [0.1, 0.15) is 12.1 Å². The number of para-hydroxylation sites is 1. The maximum atomic E-state index is 12.5. The second-order valence-electron chi connectivity index (χ2n) is 6.64. The van der Waals surface area contributed by atoms with Crippen LogP contribution in [0.4, 0.5) is 11.5 Å². The van der Waals surface area contributed by atoms with Crippen LogP contribution in [0.15, 0.2) is 30.6 Å². The SMILES string of the molecule is CN1CCc2ncnc(NC3CC(=O)N(c4ccccc4Cl)C3)c2C1. The summed E-state index contributed by atoms with van der Waals surface area (Å²) < 4.78 is 0. The molecule has 2 aliphatic rings. The highest BCUT2D eigenvalue weighted by atomic mass is 35.5. The van der Waals surface area contributed by atoms with E-state index in [9.17, 15) is 4.79 Å². The van der Waals surface area contributed by atoms with Gasteiger partial charge in [0.25, 0.3) is 0 Å². The lowest BCUT2D eigenvalue weighted by Crippen LogP contribution is -2.31. The van der Waals surface area contributed by atoms with E-state index in [2.05, 4.69) is 27.2 Å². The van der Waals surface area contributed by atoms with Crippen LogP contribution in [0.3, 0.4) is 0 Å².